The number of rotatable bonds is 6. The van der Waals surface area contributed by atoms with Gasteiger partial charge in [-0.1, -0.05) is 41.9 Å². The molecule has 2 aromatic carbocycles. The second-order valence-electron chi connectivity index (χ2n) is 7.23. The average molecular weight is 413 g/mol. The smallest absolute Gasteiger partial charge is 0.116 e. The Morgan fingerprint density at radius 1 is 1.10 bits per heavy atom. The molecule has 2 heterocycles. The fourth-order valence-electron chi connectivity index (χ4n) is 3.83. The number of nitrogens with two attached hydrogens (primary N) is 1. The van der Waals surface area contributed by atoms with Crippen LogP contribution in [0.25, 0.3) is 11.1 Å². The number of hydrogen-bond acceptors (Lipinski definition) is 5. The van der Waals surface area contributed by atoms with E-state index in [9.17, 15) is 5.11 Å². The van der Waals surface area contributed by atoms with Crippen LogP contribution in [-0.4, -0.2) is 48.2 Å². The van der Waals surface area contributed by atoms with Crippen LogP contribution < -0.4 is 10.6 Å². The molecule has 1 aliphatic heterocycles. The Labute approximate surface area is 175 Å². The van der Waals surface area contributed by atoms with Gasteiger partial charge in [-0.15, -0.1) is 0 Å². The highest BCUT2D eigenvalue weighted by Gasteiger charge is 2.32. The first-order valence-electron chi connectivity index (χ1n) is 9.77. The Morgan fingerprint density at radius 2 is 1.83 bits per heavy atom. The first kappa shape index (κ1) is 19.9. The van der Waals surface area contributed by atoms with Crippen molar-refractivity contribution in [2.24, 2.45) is 5.73 Å². The third kappa shape index (κ3) is 4.02. The van der Waals surface area contributed by atoms with E-state index < -0.39 is 5.60 Å². The summed E-state index contributed by atoms with van der Waals surface area (Å²) in [6.45, 7) is 3.25. The van der Waals surface area contributed by atoms with E-state index in [1.54, 1.807) is 6.20 Å². The number of ether oxygens (including phenoxy) is 1. The lowest BCUT2D eigenvalue weighted by atomic mass is 9.82. The van der Waals surface area contributed by atoms with Crippen LogP contribution in [0.15, 0.2) is 54.9 Å². The van der Waals surface area contributed by atoms with Gasteiger partial charge in [-0.05, 0) is 41.8 Å². The van der Waals surface area contributed by atoms with Gasteiger partial charge in [-0.2, -0.15) is 5.10 Å². The molecule has 6 nitrogen and oxygen atoms in total. The maximum absolute atomic E-state index is 11.7. The normalized spacial score (nSPS) is 16.6. The molecule has 1 fully saturated rings. The third-order valence-corrected chi connectivity index (χ3v) is 5.80. The molecule has 0 saturated carbocycles. The van der Waals surface area contributed by atoms with Crippen molar-refractivity contribution in [1.29, 1.82) is 0 Å². The van der Waals surface area contributed by atoms with Crippen molar-refractivity contribution in [2.75, 3.05) is 37.7 Å². The lowest BCUT2D eigenvalue weighted by Gasteiger charge is -2.33. The molecule has 4 rings (SSSR count). The Hall–Kier alpha value is -2.38. The van der Waals surface area contributed by atoms with Crippen LogP contribution in [0.4, 0.5) is 5.69 Å². The lowest BCUT2D eigenvalue weighted by molar-refractivity contribution is 0.0737. The molecule has 152 valence electrons. The highest BCUT2D eigenvalue weighted by Crippen LogP contribution is 2.38. The summed E-state index contributed by atoms with van der Waals surface area (Å²) in [5.74, 6) is 0. The van der Waals surface area contributed by atoms with E-state index in [1.807, 2.05) is 48.7 Å². The first-order valence-corrected chi connectivity index (χ1v) is 10.1. The number of benzene rings is 2. The van der Waals surface area contributed by atoms with Gasteiger partial charge in [0.15, 0.2) is 0 Å². The molecule has 1 aromatic heterocycles. The second kappa shape index (κ2) is 8.55. The molecule has 1 saturated heterocycles. The van der Waals surface area contributed by atoms with E-state index in [0.717, 1.165) is 41.0 Å². The molecule has 0 bridgehead atoms. The molecule has 0 radical (unpaired) electrons. The Balaban J connectivity index is 1.70. The maximum atomic E-state index is 11.7. The van der Waals surface area contributed by atoms with Crippen LogP contribution in [0.3, 0.4) is 0 Å². The largest absolute Gasteiger partial charge is 0.380 e. The lowest BCUT2D eigenvalue weighted by Crippen LogP contribution is -2.37. The van der Waals surface area contributed by atoms with Crippen molar-refractivity contribution in [2.45, 2.75) is 12.0 Å². The standard InChI is InChI=1S/C22H25ClN4O2/c23-20-6-5-19(13-21(20)27-9-11-29-12-10-27)22(28,7-8-24)18-3-1-16(2-4-18)17-14-25-26-15-17/h1-6,13-15,28H,7-12,24H2,(H,25,26). The highest BCUT2D eigenvalue weighted by molar-refractivity contribution is 6.33. The fraction of sp³-hybridized carbons (Fsp3) is 0.318. The molecule has 0 amide bonds. The summed E-state index contributed by atoms with van der Waals surface area (Å²) < 4.78 is 5.45. The molecule has 3 aromatic rings. The van der Waals surface area contributed by atoms with Crippen LogP contribution >= 0.6 is 11.6 Å². The molecule has 0 spiro atoms. The van der Waals surface area contributed by atoms with Crippen LogP contribution in [0, 0.1) is 0 Å². The van der Waals surface area contributed by atoms with Gasteiger partial charge in [0.05, 0.1) is 30.1 Å². The number of nitrogens with one attached hydrogen (secondary N) is 1. The fourth-order valence-corrected chi connectivity index (χ4v) is 4.06. The number of aromatic nitrogens is 2. The monoisotopic (exact) mass is 412 g/mol. The van der Waals surface area contributed by atoms with Crippen molar-refractivity contribution in [1.82, 2.24) is 10.2 Å². The van der Waals surface area contributed by atoms with Gasteiger partial charge in [0.1, 0.15) is 5.60 Å². The molecule has 29 heavy (non-hydrogen) atoms. The van der Waals surface area contributed by atoms with Crippen LogP contribution in [-0.2, 0) is 10.3 Å². The number of H-pyrrole nitrogens is 1. The Morgan fingerprint density at radius 3 is 2.48 bits per heavy atom. The molecule has 1 atom stereocenters. The molecule has 1 unspecified atom stereocenters. The van der Waals surface area contributed by atoms with E-state index >= 15 is 0 Å². The number of halogens is 1. The molecule has 1 aliphatic rings. The summed E-state index contributed by atoms with van der Waals surface area (Å²) in [6, 6.07) is 13.6. The Kier molecular flexibility index (Phi) is 5.87. The highest BCUT2D eigenvalue weighted by atomic mass is 35.5. The summed E-state index contributed by atoms with van der Waals surface area (Å²) >= 11 is 6.48. The van der Waals surface area contributed by atoms with Gasteiger partial charge in [0, 0.05) is 24.8 Å². The van der Waals surface area contributed by atoms with Gasteiger partial charge in [0.2, 0.25) is 0 Å². The number of morpholine rings is 1. The second-order valence-corrected chi connectivity index (χ2v) is 7.64. The predicted molar refractivity (Wildman–Crippen MR) is 115 cm³/mol. The van der Waals surface area contributed by atoms with Gasteiger partial charge in [-0.3, -0.25) is 5.10 Å². The number of nitrogens with zero attached hydrogens (tertiary/aromatic N) is 2. The van der Waals surface area contributed by atoms with Crippen LogP contribution in [0.1, 0.15) is 17.5 Å². The van der Waals surface area contributed by atoms with Gasteiger partial charge < -0.3 is 20.5 Å². The molecule has 7 heteroatoms. The van der Waals surface area contributed by atoms with Crippen molar-refractivity contribution in [3.8, 4) is 11.1 Å². The molecule has 0 aliphatic carbocycles. The zero-order valence-corrected chi connectivity index (χ0v) is 16.9. The topological polar surface area (TPSA) is 87.4 Å². The average Bonchev–Trinajstić information content (AvgIpc) is 3.30. The van der Waals surface area contributed by atoms with Crippen molar-refractivity contribution in [3.63, 3.8) is 0 Å². The van der Waals surface area contributed by atoms with E-state index in [-0.39, 0.29) is 0 Å². The Bertz CT molecular complexity index is 940. The number of aliphatic hydroxyl groups is 1. The van der Waals surface area contributed by atoms with Crippen molar-refractivity contribution in [3.05, 3.63) is 71.0 Å². The SMILES string of the molecule is NCCC(O)(c1ccc(-c2cn[nH]c2)cc1)c1ccc(Cl)c(N2CCOCC2)c1. The summed E-state index contributed by atoms with van der Waals surface area (Å²) in [5.41, 5.74) is 9.21. The van der Waals surface area contributed by atoms with Gasteiger partial charge in [0.25, 0.3) is 0 Å². The van der Waals surface area contributed by atoms with E-state index in [4.69, 9.17) is 22.1 Å². The number of anilines is 1. The minimum atomic E-state index is -1.20. The quantitative estimate of drug-likeness (QED) is 0.579. The summed E-state index contributed by atoms with van der Waals surface area (Å²) in [7, 11) is 0. The van der Waals surface area contributed by atoms with E-state index in [2.05, 4.69) is 15.1 Å². The zero-order chi connectivity index (χ0) is 20.3. The van der Waals surface area contributed by atoms with E-state index in [1.165, 1.54) is 0 Å². The van der Waals surface area contributed by atoms with Crippen LogP contribution in [0.5, 0.6) is 0 Å². The third-order valence-electron chi connectivity index (χ3n) is 5.48. The molecule has 4 N–H and O–H groups in total. The summed E-state index contributed by atoms with van der Waals surface area (Å²) in [6.07, 6.45) is 4.02. The van der Waals surface area contributed by atoms with Crippen LogP contribution in [0.2, 0.25) is 5.02 Å². The van der Waals surface area contributed by atoms with Crippen molar-refractivity contribution < 1.29 is 9.84 Å². The van der Waals surface area contributed by atoms with Crippen molar-refractivity contribution >= 4 is 17.3 Å². The van der Waals surface area contributed by atoms with Gasteiger partial charge >= 0.3 is 0 Å². The molecular weight excluding hydrogens is 388 g/mol. The number of hydrogen-bond donors (Lipinski definition) is 3. The minimum absolute atomic E-state index is 0.357. The van der Waals surface area contributed by atoms with E-state index in [0.29, 0.717) is 31.2 Å². The molecular formula is C22H25ClN4O2. The van der Waals surface area contributed by atoms with Gasteiger partial charge in [-0.25, -0.2) is 0 Å². The first-order chi connectivity index (χ1) is 14.1. The summed E-state index contributed by atoms with van der Waals surface area (Å²) in [5, 5.41) is 19.2. The maximum Gasteiger partial charge on any atom is 0.116 e. The predicted octanol–water partition coefficient (Wildman–Crippen LogP) is 3.15. The number of aromatic amines is 1. The summed E-state index contributed by atoms with van der Waals surface area (Å²) in [4.78, 5) is 2.19. The minimum Gasteiger partial charge on any atom is -0.380 e. The zero-order valence-electron chi connectivity index (χ0n) is 16.1.